The molecule has 3 aromatic heterocycles. The van der Waals surface area contributed by atoms with Gasteiger partial charge in [0.15, 0.2) is 0 Å². The molecule has 6 rings (SSSR count). The minimum absolute atomic E-state index is 0.0116. The fourth-order valence-corrected chi connectivity index (χ4v) is 5.18. The van der Waals surface area contributed by atoms with E-state index in [2.05, 4.69) is 19.9 Å². The van der Waals surface area contributed by atoms with Crippen LogP contribution in [-0.4, -0.2) is 36.5 Å². The van der Waals surface area contributed by atoms with Crippen molar-refractivity contribution in [2.75, 3.05) is 10.6 Å². The number of carbonyl (C=O) groups excluding carboxylic acids is 1. The standard InChI is InChI=1S/C30H27N7O2/c1-17-15-19(3)37(29(17)38)22-9-5-21(6-10-22)26-24(25-27(31)33-16-34-28(25)36(26)4)20-7-11-23(12-8-20)39-30-32-14-13-18(2)35-30/h5-16,19H,1-4H3,(H2,31,33,34). The van der Waals surface area contributed by atoms with Gasteiger partial charge in [-0.25, -0.2) is 19.9 Å². The highest BCUT2D eigenvalue weighted by molar-refractivity contribution is 6.09. The Morgan fingerprint density at radius 1 is 0.923 bits per heavy atom. The highest BCUT2D eigenvalue weighted by Gasteiger charge is 2.28. The molecule has 0 fully saturated rings. The van der Waals surface area contributed by atoms with Gasteiger partial charge in [0, 0.05) is 35.8 Å². The average molecular weight is 518 g/mol. The molecule has 0 saturated carbocycles. The molecule has 4 heterocycles. The maximum atomic E-state index is 12.7. The van der Waals surface area contributed by atoms with E-state index >= 15 is 0 Å². The van der Waals surface area contributed by atoms with E-state index in [1.54, 1.807) is 6.20 Å². The topological polar surface area (TPSA) is 112 Å². The zero-order valence-corrected chi connectivity index (χ0v) is 22.1. The molecular formula is C30H27N7O2. The normalized spacial score (nSPS) is 15.2. The highest BCUT2D eigenvalue weighted by Crippen LogP contribution is 2.42. The third-order valence-corrected chi connectivity index (χ3v) is 6.99. The van der Waals surface area contributed by atoms with Crippen molar-refractivity contribution in [3.63, 3.8) is 0 Å². The number of carbonyl (C=O) groups is 1. The molecule has 0 radical (unpaired) electrons. The SMILES string of the molecule is CC1=CC(C)N(c2ccc(-c3c(-c4ccc(Oc5nccc(C)n5)cc4)c4c(N)ncnc4n3C)cc2)C1=O. The molecule has 1 atom stereocenters. The summed E-state index contributed by atoms with van der Waals surface area (Å²) < 4.78 is 7.88. The summed E-state index contributed by atoms with van der Waals surface area (Å²) in [7, 11) is 1.97. The molecule has 2 aromatic carbocycles. The minimum Gasteiger partial charge on any atom is -0.424 e. The predicted molar refractivity (Wildman–Crippen MR) is 151 cm³/mol. The largest absolute Gasteiger partial charge is 0.424 e. The van der Waals surface area contributed by atoms with Gasteiger partial charge in [-0.15, -0.1) is 0 Å². The van der Waals surface area contributed by atoms with Crippen molar-refractivity contribution in [2.24, 2.45) is 7.05 Å². The van der Waals surface area contributed by atoms with Crippen molar-refractivity contribution < 1.29 is 9.53 Å². The van der Waals surface area contributed by atoms with Gasteiger partial charge in [-0.2, -0.15) is 0 Å². The van der Waals surface area contributed by atoms with Crippen LogP contribution < -0.4 is 15.4 Å². The first kappa shape index (κ1) is 24.3. The van der Waals surface area contributed by atoms with Crippen molar-refractivity contribution in [1.29, 1.82) is 0 Å². The fraction of sp³-hybridized carbons (Fsp3) is 0.167. The predicted octanol–water partition coefficient (Wildman–Crippen LogP) is 5.46. The number of nitrogens with two attached hydrogens (primary N) is 1. The first-order valence-corrected chi connectivity index (χ1v) is 12.6. The van der Waals surface area contributed by atoms with Crippen LogP contribution in [-0.2, 0) is 11.8 Å². The van der Waals surface area contributed by atoms with E-state index in [0.717, 1.165) is 50.4 Å². The number of ether oxygens (including phenoxy) is 1. The Kier molecular flexibility index (Phi) is 5.83. The lowest BCUT2D eigenvalue weighted by Crippen LogP contribution is -2.32. The lowest BCUT2D eigenvalue weighted by molar-refractivity contribution is -0.114. The van der Waals surface area contributed by atoms with Crippen LogP contribution >= 0.6 is 0 Å². The minimum atomic E-state index is 0.0116. The maximum Gasteiger partial charge on any atom is 0.322 e. The van der Waals surface area contributed by atoms with Crippen LogP contribution in [0.5, 0.6) is 11.8 Å². The number of aromatic nitrogens is 5. The number of benzene rings is 2. The molecule has 0 aliphatic carbocycles. The van der Waals surface area contributed by atoms with Crippen LogP contribution in [0, 0.1) is 6.92 Å². The Morgan fingerprint density at radius 2 is 1.64 bits per heavy atom. The summed E-state index contributed by atoms with van der Waals surface area (Å²) in [5.41, 5.74) is 13.3. The van der Waals surface area contributed by atoms with Crippen molar-refractivity contribution in [1.82, 2.24) is 24.5 Å². The molecule has 0 spiro atoms. The van der Waals surface area contributed by atoms with Crippen molar-refractivity contribution in [3.8, 4) is 34.1 Å². The lowest BCUT2D eigenvalue weighted by atomic mass is 9.98. The van der Waals surface area contributed by atoms with E-state index < -0.39 is 0 Å². The summed E-state index contributed by atoms with van der Waals surface area (Å²) in [6.07, 6.45) is 5.13. The Hall–Kier alpha value is -5.05. The smallest absolute Gasteiger partial charge is 0.322 e. The van der Waals surface area contributed by atoms with Crippen LogP contribution in [0.3, 0.4) is 0 Å². The number of fused-ring (bicyclic) bond motifs is 1. The Balaban J connectivity index is 1.43. The van der Waals surface area contributed by atoms with Gasteiger partial charge in [0.05, 0.1) is 17.1 Å². The van der Waals surface area contributed by atoms with Crippen LogP contribution in [0.25, 0.3) is 33.4 Å². The van der Waals surface area contributed by atoms with Crippen LogP contribution in [0.2, 0.25) is 0 Å². The summed E-state index contributed by atoms with van der Waals surface area (Å²) in [6.45, 7) is 5.76. The third-order valence-electron chi connectivity index (χ3n) is 6.99. The van der Waals surface area contributed by atoms with E-state index in [1.165, 1.54) is 6.33 Å². The van der Waals surface area contributed by atoms with Gasteiger partial charge < -0.3 is 19.9 Å². The number of nitrogens with zero attached hydrogens (tertiary/aromatic N) is 6. The number of hydrogen-bond acceptors (Lipinski definition) is 7. The van der Waals surface area contributed by atoms with Gasteiger partial charge in [-0.1, -0.05) is 30.3 Å². The van der Waals surface area contributed by atoms with Gasteiger partial charge in [-0.05, 0) is 62.2 Å². The zero-order valence-electron chi connectivity index (χ0n) is 22.1. The van der Waals surface area contributed by atoms with Crippen LogP contribution in [0.1, 0.15) is 19.5 Å². The van der Waals surface area contributed by atoms with E-state index in [1.807, 2.05) is 98.0 Å². The Morgan fingerprint density at radius 3 is 2.31 bits per heavy atom. The molecule has 1 aliphatic heterocycles. The van der Waals surface area contributed by atoms with Crippen LogP contribution in [0.4, 0.5) is 11.5 Å². The second-order valence-corrected chi connectivity index (χ2v) is 9.66. The Bertz CT molecular complexity index is 1760. The van der Waals surface area contributed by atoms with E-state index in [4.69, 9.17) is 10.5 Å². The first-order valence-electron chi connectivity index (χ1n) is 12.6. The molecule has 1 amide bonds. The molecule has 1 aliphatic rings. The van der Waals surface area contributed by atoms with Crippen molar-refractivity contribution in [2.45, 2.75) is 26.8 Å². The van der Waals surface area contributed by atoms with Crippen LogP contribution in [0.15, 0.2) is 78.8 Å². The number of rotatable bonds is 5. The summed E-state index contributed by atoms with van der Waals surface area (Å²) >= 11 is 0. The number of aryl methyl sites for hydroxylation is 2. The molecule has 194 valence electrons. The number of amides is 1. The molecule has 9 nitrogen and oxygen atoms in total. The van der Waals surface area contributed by atoms with E-state index in [0.29, 0.717) is 17.6 Å². The second kappa shape index (κ2) is 9.36. The van der Waals surface area contributed by atoms with E-state index in [-0.39, 0.29) is 11.9 Å². The van der Waals surface area contributed by atoms with Gasteiger partial charge in [0.2, 0.25) is 0 Å². The molecule has 5 aromatic rings. The highest BCUT2D eigenvalue weighted by atomic mass is 16.5. The molecule has 0 saturated heterocycles. The molecule has 39 heavy (non-hydrogen) atoms. The molecule has 1 unspecified atom stereocenters. The van der Waals surface area contributed by atoms with Gasteiger partial charge in [0.1, 0.15) is 23.5 Å². The molecule has 9 heteroatoms. The van der Waals surface area contributed by atoms with Gasteiger partial charge >= 0.3 is 6.01 Å². The summed E-state index contributed by atoms with van der Waals surface area (Å²) in [6, 6.07) is 17.8. The van der Waals surface area contributed by atoms with Crippen molar-refractivity contribution in [3.05, 3.63) is 84.5 Å². The summed E-state index contributed by atoms with van der Waals surface area (Å²) in [5.74, 6) is 1.05. The first-order chi connectivity index (χ1) is 18.8. The quantitative estimate of drug-likeness (QED) is 0.330. The number of anilines is 2. The average Bonchev–Trinajstić information content (AvgIpc) is 3.37. The fourth-order valence-electron chi connectivity index (χ4n) is 5.18. The lowest BCUT2D eigenvalue weighted by Gasteiger charge is -2.22. The Labute approximate surface area is 225 Å². The molecular weight excluding hydrogens is 490 g/mol. The van der Waals surface area contributed by atoms with Crippen molar-refractivity contribution >= 4 is 28.4 Å². The van der Waals surface area contributed by atoms with Gasteiger partial charge in [0.25, 0.3) is 5.91 Å². The van der Waals surface area contributed by atoms with Gasteiger partial charge in [-0.3, -0.25) is 4.79 Å². The zero-order chi connectivity index (χ0) is 27.3. The monoisotopic (exact) mass is 517 g/mol. The number of hydrogen-bond donors (Lipinski definition) is 1. The molecule has 0 bridgehead atoms. The summed E-state index contributed by atoms with van der Waals surface area (Å²) in [4.78, 5) is 31.8. The maximum absolute atomic E-state index is 12.7. The summed E-state index contributed by atoms with van der Waals surface area (Å²) in [5, 5.41) is 0.776. The molecule has 2 N–H and O–H groups in total. The third kappa shape index (κ3) is 4.17. The van der Waals surface area contributed by atoms with E-state index in [9.17, 15) is 4.79 Å². The second-order valence-electron chi connectivity index (χ2n) is 9.66. The number of nitrogen functional groups attached to an aromatic ring is 1.